The molecule has 140 valence electrons. The van der Waals surface area contributed by atoms with Crippen molar-refractivity contribution in [2.24, 2.45) is 11.1 Å². The lowest BCUT2D eigenvalue weighted by molar-refractivity contribution is -0.126. The summed E-state index contributed by atoms with van der Waals surface area (Å²) in [6.45, 7) is 0. The van der Waals surface area contributed by atoms with Crippen LogP contribution in [0.5, 0.6) is 0 Å². The molecule has 2 heterocycles. The zero-order valence-corrected chi connectivity index (χ0v) is 14.9. The summed E-state index contributed by atoms with van der Waals surface area (Å²) in [6, 6.07) is 15.8. The Morgan fingerprint density at radius 3 is 2.50 bits per heavy atom. The minimum atomic E-state index is -1.03. The zero-order chi connectivity index (χ0) is 19.7. The predicted molar refractivity (Wildman–Crippen MR) is 102 cm³/mol. The summed E-state index contributed by atoms with van der Waals surface area (Å²) >= 11 is 0. The molecule has 2 aromatic rings. The fourth-order valence-corrected chi connectivity index (χ4v) is 3.28. The van der Waals surface area contributed by atoms with Gasteiger partial charge in [-0.2, -0.15) is 0 Å². The minimum absolute atomic E-state index is 0.130. The second-order valence-corrected chi connectivity index (χ2v) is 6.28. The summed E-state index contributed by atoms with van der Waals surface area (Å²) in [5, 5.41) is 3.91. The lowest BCUT2D eigenvalue weighted by Crippen LogP contribution is -2.34. The number of allylic oxidation sites excluding steroid dienone is 1. The molecular weight excluding hydrogens is 360 g/mol. The first-order valence-corrected chi connectivity index (χ1v) is 8.64. The number of methoxy groups -OCH3 is 1. The van der Waals surface area contributed by atoms with Crippen LogP contribution in [-0.4, -0.2) is 36.7 Å². The fourth-order valence-electron chi connectivity index (χ4n) is 3.28. The molecule has 0 aromatic heterocycles. The van der Waals surface area contributed by atoms with Gasteiger partial charge >= 0.3 is 5.97 Å². The summed E-state index contributed by atoms with van der Waals surface area (Å²) in [7, 11) is 1.24. The van der Waals surface area contributed by atoms with Crippen molar-refractivity contribution < 1.29 is 24.0 Å². The largest absolute Gasteiger partial charge is 0.465 e. The summed E-state index contributed by atoms with van der Waals surface area (Å²) in [4.78, 5) is 44.1. The number of hydrogen-bond donors (Lipinski definition) is 0. The molecule has 28 heavy (non-hydrogen) atoms. The van der Waals surface area contributed by atoms with E-state index in [4.69, 9.17) is 9.57 Å². The SMILES string of the molecule is COC(=O)c1ccccc1N1C(=O)[C@@H]2C(/C=C/c3ccccc3)=NO[C@@H]2C1=O. The van der Waals surface area contributed by atoms with Crippen LogP contribution in [0.2, 0.25) is 0 Å². The molecule has 2 aliphatic heterocycles. The number of esters is 1. The Morgan fingerprint density at radius 1 is 1.04 bits per heavy atom. The van der Waals surface area contributed by atoms with Gasteiger partial charge in [-0.25, -0.2) is 9.69 Å². The van der Waals surface area contributed by atoms with E-state index in [1.54, 1.807) is 24.3 Å². The van der Waals surface area contributed by atoms with Crippen LogP contribution in [0.4, 0.5) is 5.69 Å². The standard InChI is InChI=1S/C21H16N2O5/c1-27-21(26)14-9-5-6-10-16(14)23-19(24)17-15(22-28-18(17)20(23)25)12-11-13-7-3-2-4-8-13/h2-12,17-18H,1H3/b12-11+/t17-,18+/m1/s1. The molecule has 0 N–H and O–H groups in total. The molecule has 0 bridgehead atoms. The van der Waals surface area contributed by atoms with Crippen molar-refractivity contribution in [3.05, 3.63) is 71.8 Å². The van der Waals surface area contributed by atoms with Gasteiger partial charge in [0.25, 0.3) is 5.91 Å². The van der Waals surface area contributed by atoms with Gasteiger partial charge in [0.1, 0.15) is 5.92 Å². The van der Waals surface area contributed by atoms with Crippen molar-refractivity contribution in [1.82, 2.24) is 0 Å². The number of nitrogens with zero attached hydrogens (tertiary/aromatic N) is 2. The molecule has 0 unspecified atom stereocenters. The van der Waals surface area contributed by atoms with Crippen LogP contribution in [0.3, 0.4) is 0 Å². The molecular formula is C21H16N2O5. The van der Waals surface area contributed by atoms with Crippen LogP contribution >= 0.6 is 0 Å². The van der Waals surface area contributed by atoms with Crippen LogP contribution in [0.15, 0.2) is 65.8 Å². The van der Waals surface area contributed by atoms with Gasteiger partial charge in [0.2, 0.25) is 12.0 Å². The van der Waals surface area contributed by atoms with Crippen LogP contribution < -0.4 is 4.90 Å². The number of amides is 2. The number of anilines is 1. The zero-order valence-electron chi connectivity index (χ0n) is 14.9. The highest BCUT2D eigenvalue weighted by Crippen LogP contribution is 2.35. The Bertz CT molecular complexity index is 1010. The fraction of sp³-hybridized carbons (Fsp3) is 0.143. The molecule has 1 saturated heterocycles. The molecule has 2 aromatic carbocycles. The lowest BCUT2D eigenvalue weighted by Gasteiger charge is -2.17. The van der Waals surface area contributed by atoms with Crippen LogP contribution in [-0.2, 0) is 19.2 Å². The van der Waals surface area contributed by atoms with Crippen molar-refractivity contribution in [2.75, 3.05) is 12.0 Å². The highest BCUT2D eigenvalue weighted by Gasteiger charge is 2.55. The molecule has 1 fully saturated rings. The van der Waals surface area contributed by atoms with Gasteiger partial charge in [-0.1, -0.05) is 53.7 Å². The van der Waals surface area contributed by atoms with Gasteiger partial charge in [0.15, 0.2) is 0 Å². The van der Waals surface area contributed by atoms with Crippen LogP contribution in [0.1, 0.15) is 15.9 Å². The number of carbonyl (C=O) groups excluding carboxylic acids is 3. The molecule has 0 radical (unpaired) electrons. The Morgan fingerprint density at radius 2 is 1.75 bits per heavy atom. The summed E-state index contributed by atoms with van der Waals surface area (Å²) in [5.41, 5.74) is 1.60. The molecule has 2 atom stereocenters. The molecule has 0 saturated carbocycles. The van der Waals surface area contributed by atoms with Gasteiger partial charge < -0.3 is 9.57 Å². The number of fused-ring (bicyclic) bond motifs is 1. The first kappa shape index (κ1) is 17.7. The number of para-hydroxylation sites is 1. The number of carbonyl (C=O) groups is 3. The summed E-state index contributed by atoms with van der Waals surface area (Å²) in [6.07, 6.45) is 2.43. The van der Waals surface area contributed by atoms with Gasteiger partial charge in [0.05, 0.1) is 24.1 Å². The van der Waals surface area contributed by atoms with Gasteiger partial charge in [-0.05, 0) is 23.8 Å². The third kappa shape index (κ3) is 2.87. The average molecular weight is 376 g/mol. The number of ether oxygens (including phenoxy) is 1. The van der Waals surface area contributed by atoms with E-state index < -0.39 is 29.8 Å². The van der Waals surface area contributed by atoms with Crippen molar-refractivity contribution in [1.29, 1.82) is 0 Å². The van der Waals surface area contributed by atoms with Gasteiger partial charge in [-0.15, -0.1) is 0 Å². The highest BCUT2D eigenvalue weighted by molar-refractivity contribution is 6.32. The first-order chi connectivity index (χ1) is 13.6. The minimum Gasteiger partial charge on any atom is -0.465 e. The van der Waals surface area contributed by atoms with E-state index in [0.29, 0.717) is 5.71 Å². The maximum absolute atomic E-state index is 13.0. The molecule has 0 spiro atoms. The van der Waals surface area contributed by atoms with E-state index in [0.717, 1.165) is 10.5 Å². The molecule has 0 aliphatic carbocycles. The Kier molecular flexibility index (Phi) is 4.49. The number of oxime groups is 1. The second kappa shape index (κ2) is 7.11. The maximum Gasteiger partial charge on any atom is 0.339 e. The average Bonchev–Trinajstić information content (AvgIpc) is 3.26. The summed E-state index contributed by atoms with van der Waals surface area (Å²) < 4.78 is 4.76. The normalized spacial score (nSPS) is 20.9. The lowest BCUT2D eigenvalue weighted by atomic mass is 9.99. The third-order valence-electron chi connectivity index (χ3n) is 4.64. The topological polar surface area (TPSA) is 85.3 Å². The quantitative estimate of drug-likeness (QED) is 0.604. The molecule has 7 heteroatoms. The molecule has 7 nitrogen and oxygen atoms in total. The van der Waals surface area contributed by atoms with Crippen molar-refractivity contribution in [3.63, 3.8) is 0 Å². The Balaban J connectivity index is 1.65. The Hall–Kier alpha value is -3.74. The number of imide groups is 1. The number of hydrogen-bond acceptors (Lipinski definition) is 6. The van der Waals surface area contributed by atoms with Crippen molar-refractivity contribution in [3.8, 4) is 0 Å². The van der Waals surface area contributed by atoms with Gasteiger partial charge in [0, 0.05) is 0 Å². The second-order valence-electron chi connectivity index (χ2n) is 6.28. The monoisotopic (exact) mass is 376 g/mol. The van der Waals surface area contributed by atoms with Gasteiger partial charge in [-0.3, -0.25) is 9.59 Å². The van der Waals surface area contributed by atoms with E-state index in [-0.39, 0.29) is 11.3 Å². The first-order valence-electron chi connectivity index (χ1n) is 8.64. The Labute approximate surface area is 160 Å². The van der Waals surface area contributed by atoms with E-state index in [2.05, 4.69) is 5.16 Å². The van der Waals surface area contributed by atoms with E-state index in [1.807, 2.05) is 30.3 Å². The third-order valence-corrected chi connectivity index (χ3v) is 4.64. The van der Waals surface area contributed by atoms with E-state index in [1.165, 1.54) is 19.2 Å². The molecule has 2 amide bonds. The van der Waals surface area contributed by atoms with E-state index >= 15 is 0 Å². The van der Waals surface area contributed by atoms with Crippen molar-refractivity contribution >= 4 is 35.3 Å². The van der Waals surface area contributed by atoms with Crippen molar-refractivity contribution in [2.45, 2.75) is 6.10 Å². The maximum atomic E-state index is 13.0. The van der Waals surface area contributed by atoms with E-state index in [9.17, 15) is 14.4 Å². The predicted octanol–water partition coefficient (Wildman–Crippen LogP) is 2.43. The highest BCUT2D eigenvalue weighted by atomic mass is 16.6. The molecule has 4 rings (SSSR count). The van der Waals surface area contributed by atoms with Crippen LogP contribution in [0, 0.1) is 5.92 Å². The van der Waals surface area contributed by atoms with Crippen LogP contribution in [0.25, 0.3) is 6.08 Å². The molecule has 2 aliphatic rings. The number of benzene rings is 2. The summed E-state index contributed by atoms with van der Waals surface area (Å²) in [5.74, 6) is -2.52. The smallest absolute Gasteiger partial charge is 0.339 e. The number of rotatable bonds is 4.